The third kappa shape index (κ3) is 2.98. The second kappa shape index (κ2) is 6.24. The van der Waals surface area contributed by atoms with Crippen molar-refractivity contribution in [2.24, 2.45) is 0 Å². The van der Waals surface area contributed by atoms with E-state index in [-0.39, 0.29) is 6.04 Å². The van der Waals surface area contributed by atoms with E-state index in [0.29, 0.717) is 5.02 Å². The van der Waals surface area contributed by atoms with Gasteiger partial charge in [-0.05, 0) is 31.3 Å². The third-order valence-electron chi connectivity index (χ3n) is 2.55. The van der Waals surface area contributed by atoms with Crippen molar-refractivity contribution in [3.63, 3.8) is 0 Å². The van der Waals surface area contributed by atoms with Crippen LogP contribution in [0.1, 0.15) is 25.5 Å². The summed E-state index contributed by atoms with van der Waals surface area (Å²) in [6, 6.07) is 7.63. The lowest BCUT2D eigenvalue weighted by Gasteiger charge is -2.25. The van der Waals surface area contributed by atoms with E-state index in [0.717, 1.165) is 23.1 Å². The van der Waals surface area contributed by atoms with Crippen LogP contribution in [-0.4, -0.2) is 18.0 Å². The molecule has 0 heterocycles. The minimum Gasteiger partial charge on any atom is -0.285 e. The first-order valence-corrected chi connectivity index (χ1v) is 6.39. The molecule has 0 saturated heterocycles. The average Bonchev–Trinajstić information content (AvgIpc) is 2.29. The molecule has 0 spiro atoms. The fourth-order valence-electron chi connectivity index (χ4n) is 1.66. The van der Waals surface area contributed by atoms with Gasteiger partial charge in [-0.15, -0.1) is 0 Å². The Morgan fingerprint density at radius 2 is 2.06 bits per heavy atom. The third-order valence-corrected chi connectivity index (χ3v) is 3.39. The minimum atomic E-state index is -0.278. The fraction of sp³-hybridized carbons (Fsp3) is 0.417. The normalized spacial score (nSPS) is 12.5. The Labute approximate surface area is 110 Å². The molecule has 0 radical (unpaired) electrons. The van der Waals surface area contributed by atoms with Crippen molar-refractivity contribution >= 4 is 27.5 Å². The van der Waals surface area contributed by atoms with Crippen molar-refractivity contribution in [2.75, 3.05) is 13.1 Å². The zero-order chi connectivity index (χ0) is 12.1. The molecule has 16 heavy (non-hydrogen) atoms. The van der Waals surface area contributed by atoms with E-state index in [1.54, 1.807) is 0 Å². The molecule has 0 fully saturated rings. The number of nitrogens with zero attached hydrogens (tertiary/aromatic N) is 2. The lowest BCUT2D eigenvalue weighted by atomic mass is 10.1. The summed E-state index contributed by atoms with van der Waals surface area (Å²) in [6.07, 6.45) is 0. The molecule has 0 bridgehead atoms. The topological polar surface area (TPSA) is 27.0 Å². The number of hydrogen-bond donors (Lipinski definition) is 0. The summed E-state index contributed by atoms with van der Waals surface area (Å²) in [6.45, 7) is 5.74. The largest absolute Gasteiger partial charge is 0.285 e. The molecule has 0 aliphatic rings. The molecule has 0 amide bonds. The molecule has 0 saturated carbocycles. The Morgan fingerprint density at radius 3 is 2.56 bits per heavy atom. The minimum absolute atomic E-state index is 0.278. The molecule has 0 N–H and O–H groups in total. The van der Waals surface area contributed by atoms with Gasteiger partial charge >= 0.3 is 0 Å². The molecule has 1 aromatic rings. The molecule has 1 aromatic carbocycles. The first-order chi connectivity index (χ1) is 7.63. The molecule has 2 nitrogen and oxygen atoms in total. The van der Waals surface area contributed by atoms with Gasteiger partial charge in [-0.25, -0.2) is 0 Å². The van der Waals surface area contributed by atoms with Crippen LogP contribution < -0.4 is 0 Å². The van der Waals surface area contributed by atoms with Crippen molar-refractivity contribution in [1.29, 1.82) is 5.26 Å². The summed E-state index contributed by atoms with van der Waals surface area (Å²) >= 11 is 9.53. The molecular weight excluding hydrogens is 288 g/mol. The summed E-state index contributed by atoms with van der Waals surface area (Å²) in [5.41, 5.74) is 0.863. The molecular formula is C12H14BrClN2. The summed E-state index contributed by atoms with van der Waals surface area (Å²) in [5, 5.41) is 9.90. The van der Waals surface area contributed by atoms with E-state index in [4.69, 9.17) is 11.6 Å². The number of hydrogen-bond acceptors (Lipinski definition) is 2. The van der Waals surface area contributed by atoms with E-state index in [1.165, 1.54) is 0 Å². The Balaban J connectivity index is 3.13. The summed E-state index contributed by atoms with van der Waals surface area (Å²) in [5.74, 6) is 0. The molecule has 0 aromatic heterocycles. The first-order valence-electron chi connectivity index (χ1n) is 5.22. The van der Waals surface area contributed by atoms with Crippen molar-refractivity contribution < 1.29 is 0 Å². The quantitative estimate of drug-likeness (QED) is 0.840. The van der Waals surface area contributed by atoms with Crippen LogP contribution in [0, 0.1) is 11.3 Å². The predicted molar refractivity (Wildman–Crippen MR) is 70.4 cm³/mol. The number of halogens is 2. The Hall–Kier alpha value is -0.560. The van der Waals surface area contributed by atoms with E-state index >= 15 is 0 Å². The van der Waals surface area contributed by atoms with Crippen LogP contribution in [-0.2, 0) is 0 Å². The van der Waals surface area contributed by atoms with Crippen molar-refractivity contribution in [3.8, 4) is 6.07 Å². The van der Waals surface area contributed by atoms with Crippen molar-refractivity contribution in [2.45, 2.75) is 19.9 Å². The van der Waals surface area contributed by atoms with Crippen LogP contribution in [0.5, 0.6) is 0 Å². The second-order valence-electron chi connectivity index (χ2n) is 3.42. The van der Waals surface area contributed by atoms with Gasteiger partial charge in [0.2, 0.25) is 0 Å². The molecule has 0 aliphatic heterocycles. The van der Waals surface area contributed by atoms with E-state index in [2.05, 4.69) is 26.9 Å². The van der Waals surface area contributed by atoms with Crippen molar-refractivity contribution in [3.05, 3.63) is 33.3 Å². The van der Waals surface area contributed by atoms with Gasteiger partial charge in [0.25, 0.3) is 0 Å². The monoisotopic (exact) mass is 300 g/mol. The van der Waals surface area contributed by atoms with Crippen LogP contribution in [0.3, 0.4) is 0 Å². The van der Waals surface area contributed by atoms with Crippen LogP contribution in [0.25, 0.3) is 0 Å². The van der Waals surface area contributed by atoms with E-state index < -0.39 is 0 Å². The molecule has 1 rings (SSSR count). The highest BCUT2D eigenvalue weighted by atomic mass is 79.9. The highest BCUT2D eigenvalue weighted by Gasteiger charge is 2.19. The SMILES string of the molecule is CCN(CC)C(C#N)c1cc(Br)ccc1Cl. The maximum Gasteiger partial charge on any atom is 0.125 e. The van der Waals surface area contributed by atoms with Crippen LogP contribution >= 0.6 is 27.5 Å². The van der Waals surface area contributed by atoms with Gasteiger partial charge in [-0.1, -0.05) is 41.4 Å². The second-order valence-corrected chi connectivity index (χ2v) is 4.74. The summed E-state index contributed by atoms with van der Waals surface area (Å²) < 4.78 is 0.944. The lowest BCUT2D eigenvalue weighted by molar-refractivity contribution is 0.262. The van der Waals surface area contributed by atoms with Gasteiger partial charge in [0.15, 0.2) is 0 Å². The molecule has 0 aliphatic carbocycles. The number of benzene rings is 1. The zero-order valence-corrected chi connectivity index (χ0v) is 11.7. The Morgan fingerprint density at radius 1 is 1.44 bits per heavy atom. The predicted octanol–water partition coefficient (Wildman–Crippen LogP) is 4.01. The van der Waals surface area contributed by atoms with Gasteiger partial charge in [-0.2, -0.15) is 5.26 Å². The standard InChI is InChI=1S/C12H14BrClN2/c1-3-16(4-2)12(8-15)10-7-9(13)5-6-11(10)14/h5-7,12H,3-4H2,1-2H3. The summed E-state index contributed by atoms with van der Waals surface area (Å²) in [4.78, 5) is 2.08. The smallest absolute Gasteiger partial charge is 0.125 e. The maximum atomic E-state index is 9.26. The molecule has 86 valence electrons. The maximum absolute atomic E-state index is 9.26. The highest BCUT2D eigenvalue weighted by molar-refractivity contribution is 9.10. The Bertz CT molecular complexity index is 396. The Kier molecular flexibility index (Phi) is 5.27. The number of nitriles is 1. The van der Waals surface area contributed by atoms with Gasteiger partial charge in [0.1, 0.15) is 6.04 Å². The highest BCUT2D eigenvalue weighted by Crippen LogP contribution is 2.29. The van der Waals surface area contributed by atoms with E-state index in [1.807, 2.05) is 32.0 Å². The summed E-state index contributed by atoms with van der Waals surface area (Å²) in [7, 11) is 0. The van der Waals surface area contributed by atoms with Crippen LogP contribution in [0.2, 0.25) is 5.02 Å². The molecule has 4 heteroatoms. The average molecular weight is 302 g/mol. The van der Waals surface area contributed by atoms with Gasteiger partial charge in [-0.3, -0.25) is 4.90 Å². The number of rotatable bonds is 4. The van der Waals surface area contributed by atoms with Gasteiger partial charge in [0.05, 0.1) is 6.07 Å². The van der Waals surface area contributed by atoms with Crippen LogP contribution in [0.15, 0.2) is 22.7 Å². The lowest BCUT2D eigenvalue weighted by Crippen LogP contribution is -2.27. The zero-order valence-electron chi connectivity index (χ0n) is 9.37. The fourth-order valence-corrected chi connectivity index (χ4v) is 2.26. The first kappa shape index (κ1) is 13.5. The van der Waals surface area contributed by atoms with Gasteiger partial charge in [0, 0.05) is 15.1 Å². The molecule has 1 unspecified atom stereocenters. The molecule has 1 atom stereocenters. The van der Waals surface area contributed by atoms with Crippen LogP contribution in [0.4, 0.5) is 0 Å². The van der Waals surface area contributed by atoms with E-state index in [9.17, 15) is 5.26 Å². The van der Waals surface area contributed by atoms with Gasteiger partial charge < -0.3 is 0 Å². The van der Waals surface area contributed by atoms with Crippen molar-refractivity contribution in [1.82, 2.24) is 4.90 Å².